The fourth-order valence-electron chi connectivity index (χ4n) is 3.49. The Morgan fingerprint density at radius 3 is 2.77 bits per heavy atom. The number of nitrogens with zero attached hydrogens (tertiary/aromatic N) is 5. The van der Waals surface area contributed by atoms with E-state index in [1.165, 1.54) is 16.2 Å². The molecule has 2 N–H and O–H groups in total. The average molecular weight is 514 g/mol. The highest BCUT2D eigenvalue weighted by molar-refractivity contribution is 7.22. The van der Waals surface area contributed by atoms with Crippen LogP contribution in [0, 0.1) is 5.92 Å². The van der Waals surface area contributed by atoms with E-state index in [1.807, 2.05) is 31.4 Å². The van der Waals surface area contributed by atoms with Crippen LogP contribution in [0.1, 0.15) is 33.6 Å². The van der Waals surface area contributed by atoms with Crippen molar-refractivity contribution in [3.05, 3.63) is 35.7 Å². The highest BCUT2D eigenvalue weighted by Gasteiger charge is 2.30. The first kappa shape index (κ1) is 23.3. The Hall–Kier alpha value is -3.44. The number of imidazole rings is 1. The average Bonchev–Trinajstić information content (AvgIpc) is 3.22. The number of nitrogens with one attached hydrogen (secondary N) is 2. The second kappa shape index (κ2) is 8.65. The molecule has 0 spiro atoms. The molecule has 1 aliphatic carbocycles. The summed E-state index contributed by atoms with van der Waals surface area (Å²) in [6.07, 6.45) is 4.71. The van der Waals surface area contributed by atoms with Crippen LogP contribution >= 0.6 is 22.9 Å². The third-order valence-electron chi connectivity index (χ3n) is 5.43. The molecule has 1 saturated carbocycles. The highest BCUT2D eigenvalue weighted by Crippen LogP contribution is 2.36. The number of fused-ring (bicyclic) bond motifs is 1. The van der Waals surface area contributed by atoms with Gasteiger partial charge >= 0.3 is 6.09 Å². The van der Waals surface area contributed by atoms with Crippen molar-refractivity contribution in [1.82, 2.24) is 24.7 Å². The number of thiazole rings is 1. The lowest BCUT2D eigenvalue weighted by Gasteiger charge is -2.25. The van der Waals surface area contributed by atoms with Crippen molar-refractivity contribution in [1.29, 1.82) is 0 Å². The Kier molecular flexibility index (Phi) is 5.76. The molecule has 3 aromatic heterocycles. The van der Waals surface area contributed by atoms with Crippen LogP contribution in [0.4, 0.5) is 15.6 Å². The molecule has 0 aliphatic heterocycles. The van der Waals surface area contributed by atoms with E-state index in [-0.39, 0.29) is 11.8 Å². The minimum absolute atomic E-state index is 0.00227. The lowest BCUT2D eigenvalue weighted by Crippen LogP contribution is -2.34. The maximum Gasteiger partial charge on any atom is 0.414 e. The number of aromatic amines is 1. The Morgan fingerprint density at radius 1 is 1.31 bits per heavy atom. The zero-order valence-corrected chi connectivity index (χ0v) is 21.2. The van der Waals surface area contributed by atoms with Crippen LogP contribution in [0.2, 0.25) is 5.02 Å². The van der Waals surface area contributed by atoms with Gasteiger partial charge in [-0.05, 0) is 51.8 Å². The Balaban J connectivity index is 1.43. The van der Waals surface area contributed by atoms with Gasteiger partial charge in [-0.1, -0.05) is 22.9 Å². The van der Waals surface area contributed by atoms with Crippen LogP contribution in [0.5, 0.6) is 0 Å². The summed E-state index contributed by atoms with van der Waals surface area (Å²) in [5.41, 5.74) is 2.00. The lowest BCUT2D eigenvalue weighted by molar-refractivity contribution is -0.117. The molecule has 1 aliphatic rings. The van der Waals surface area contributed by atoms with Crippen molar-refractivity contribution in [3.63, 3.8) is 0 Å². The van der Waals surface area contributed by atoms with Gasteiger partial charge in [0.05, 0.1) is 16.9 Å². The molecule has 10 nitrogen and oxygen atoms in total. The number of ether oxygens (including phenoxy) is 1. The first-order valence-electron chi connectivity index (χ1n) is 11.1. The van der Waals surface area contributed by atoms with Gasteiger partial charge in [0.15, 0.2) is 16.6 Å². The van der Waals surface area contributed by atoms with Gasteiger partial charge < -0.3 is 10.1 Å². The van der Waals surface area contributed by atoms with Crippen LogP contribution in [-0.2, 0) is 9.53 Å². The molecular formula is C23H24ClN7O3S. The van der Waals surface area contributed by atoms with E-state index >= 15 is 0 Å². The van der Waals surface area contributed by atoms with Gasteiger partial charge in [0.25, 0.3) is 0 Å². The number of anilines is 2. The van der Waals surface area contributed by atoms with E-state index in [4.69, 9.17) is 16.3 Å². The summed E-state index contributed by atoms with van der Waals surface area (Å²) in [6, 6.07) is 5.32. The molecule has 3 heterocycles. The molecule has 35 heavy (non-hydrogen) atoms. The summed E-state index contributed by atoms with van der Waals surface area (Å²) in [5.74, 6) is 0.694. The summed E-state index contributed by atoms with van der Waals surface area (Å²) in [4.78, 5) is 34.7. The standard InChI is InChI=1S/C23H24ClN7O3S/c1-23(2,3)34-22(33)30(4)13-7-8-14(15(24)9-13)16-10-25-11-31(16)19-17-18(28-29-19)26-21(35-17)27-20(32)12-5-6-12/h7-12H,5-6H2,1-4H3,(H2,26,27,28,29,32). The number of rotatable bonds is 5. The molecule has 1 fully saturated rings. The summed E-state index contributed by atoms with van der Waals surface area (Å²) >= 11 is 7.99. The summed E-state index contributed by atoms with van der Waals surface area (Å²) < 4.78 is 8.03. The van der Waals surface area contributed by atoms with Gasteiger partial charge in [-0.3, -0.25) is 19.4 Å². The number of halogens is 1. The maximum absolute atomic E-state index is 12.4. The van der Waals surface area contributed by atoms with E-state index < -0.39 is 11.7 Å². The fraction of sp³-hybridized carbons (Fsp3) is 0.348. The second-order valence-electron chi connectivity index (χ2n) is 9.36. The SMILES string of the molecule is CN(C(=O)OC(C)(C)C)c1ccc(-c2cncn2-c2n[nH]c3nc(NC(=O)C4CC4)sc23)c(Cl)c1. The zero-order chi connectivity index (χ0) is 24.9. The van der Waals surface area contributed by atoms with Crippen LogP contribution in [-0.4, -0.2) is 49.4 Å². The van der Waals surface area contributed by atoms with E-state index in [0.717, 1.165) is 17.5 Å². The van der Waals surface area contributed by atoms with Crippen molar-refractivity contribution in [2.45, 2.75) is 39.2 Å². The molecule has 1 aromatic carbocycles. The molecule has 0 atom stereocenters. The quantitative estimate of drug-likeness (QED) is 0.376. The van der Waals surface area contributed by atoms with E-state index in [2.05, 4.69) is 25.5 Å². The topological polar surface area (TPSA) is 118 Å². The first-order chi connectivity index (χ1) is 16.6. The number of benzene rings is 1. The third kappa shape index (κ3) is 4.73. The molecule has 182 valence electrons. The summed E-state index contributed by atoms with van der Waals surface area (Å²) in [6.45, 7) is 5.44. The van der Waals surface area contributed by atoms with Crippen LogP contribution in [0.3, 0.4) is 0 Å². The Labute approximate surface area is 210 Å². The maximum atomic E-state index is 12.4. The third-order valence-corrected chi connectivity index (χ3v) is 6.71. The van der Waals surface area contributed by atoms with Gasteiger partial charge in [0.2, 0.25) is 5.91 Å². The number of aromatic nitrogens is 5. The van der Waals surface area contributed by atoms with Crippen LogP contribution in [0.15, 0.2) is 30.7 Å². The lowest BCUT2D eigenvalue weighted by atomic mass is 10.1. The number of carbonyl (C=O) groups is 2. The normalized spacial score (nSPS) is 13.7. The van der Waals surface area contributed by atoms with Crippen molar-refractivity contribution >= 4 is 56.1 Å². The predicted octanol–water partition coefficient (Wildman–Crippen LogP) is 5.25. The monoisotopic (exact) mass is 513 g/mol. The van der Waals surface area contributed by atoms with Crippen molar-refractivity contribution in [3.8, 4) is 17.1 Å². The molecular weight excluding hydrogens is 490 g/mol. The van der Waals surface area contributed by atoms with E-state index in [1.54, 1.807) is 31.7 Å². The summed E-state index contributed by atoms with van der Waals surface area (Å²) in [5, 5.41) is 11.2. The number of hydrogen-bond acceptors (Lipinski definition) is 7. The second-order valence-corrected chi connectivity index (χ2v) is 10.8. The predicted molar refractivity (Wildman–Crippen MR) is 135 cm³/mol. The van der Waals surface area contributed by atoms with Crippen LogP contribution in [0.25, 0.3) is 27.4 Å². The fourth-order valence-corrected chi connectivity index (χ4v) is 4.67. The number of hydrogen-bond donors (Lipinski definition) is 2. The number of carbonyl (C=O) groups excluding carboxylic acids is 2. The van der Waals surface area contributed by atoms with Gasteiger partial charge in [0.1, 0.15) is 16.6 Å². The minimum atomic E-state index is -0.603. The molecule has 12 heteroatoms. The smallest absolute Gasteiger partial charge is 0.414 e. The van der Waals surface area contributed by atoms with Gasteiger partial charge in [0, 0.05) is 24.2 Å². The van der Waals surface area contributed by atoms with Crippen molar-refractivity contribution < 1.29 is 14.3 Å². The van der Waals surface area contributed by atoms with Gasteiger partial charge in [-0.25, -0.2) is 14.8 Å². The Morgan fingerprint density at radius 2 is 2.09 bits per heavy atom. The number of H-pyrrole nitrogens is 1. The summed E-state index contributed by atoms with van der Waals surface area (Å²) in [7, 11) is 1.63. The largest absolute Gasteiger partial charge is 0.443 e. The minimum Gasteiger partial charge on any atom is -0.443 e. The zero-order valence-electron chi connectivity index (χ0n) is 19.6. The Bertz CT molecular complexity index is 1430. The van der Waals surface area contributed by atoms with E-state index in [9.17, 15) is 9.59 Å². The molecule has 0 bridgehead atoms. The molecule has 0 saturated heterocycles. The molecule has 0 unspecified atom stereocenters. The highest BCUT2D eigenvalue weighted by atomic mass is 35.5. The molecule has 2 amide bonds. The first-order valence-corrected chi connectivity index (χ1v) is 12.3. The van der Waals surface area contributed by atoms with Gasteiger partial charge in [-0.2, -0.15) is 5.10 Å². The van der Waals surface area contributed by atoms with Crippen molar-refractivity contribution in [2.75, 3.05) is 17.3 Å². The van der Waals surface area contributed by atoms with Gasteiger partial charge in [-0.15, -0.1) is 0 Å². The van der Waals surface area contributed by atoms with Crippen LogP contribution < -0.4 is 10.2 Å². The molecule has 4 aromatic rings. The molecule has 0 radical (unpaired) electrons. The van der Waals surface area contributed by atoms with E-state index in [0.29, 0.717) is 38.6 Å². The number of amides is 2. The van der Waals surface area contributed by atoms with Crippen molar-refractivity contribution in [2.24, 2.45) is 5.92 Å². The molecule has 5 rings (SSSR count).